The molecule has 1 saturated heterocycles. The second kappa shape index (κ2) is 8.71. The first-order chi connectivity index (χ1) is 11.2. The molecule has 5 heteroatoms. The van der Waals surface area contributed by atoms with E-state index in [1.54, 1.807) is 4.90 Å². The zero-order valence-corrected chi connectivity index (χ0v) is 14.6. The molecule has 3 rings (SSSR count). The first-order valence-corrected chi connectivity index (χ1v) is 8.05. The fraction of sp³-hybridized carbons (Fsp3) is 0.316. The second-order valence-electron chi connectivity index (χ2n) is 5.86. The molecular formula is C19H23ClN2O2. The average Bonchev–Trinajstić information content (AvgIpc) is 3.09. The van der Waals surface area contributed by atoms with E-state index in [4.69, 9.17) is 4.74 Å². The topological polar surface area (TPSA) is 41.6 Å². The highest BCUT2D eigenvalue weighted by Gasteiger charge is 2.20. The number of carbonyl (C=O) groups is 1. The third-order valence-corrected chi connectivity index (χ3v) is 4.16. The van der Waals surface area contributed by atoms with Gasteiger partial charge in [0.25, 0.3) is 0 Å². The molecule has 1 fully saturated rings. The van der Waals surface area contributed by atoms with Crippen molar-refractivity contribution in [2.24, 2.45) is 0 Å². The average molecular weight is 347 g/mol. The molecule has 0 aliphatic carbocycles. The molecular weight excluding hydrogens is 324 g/mol. The summed E-state index contributed by atoms with van der Waals surface area (Å²) >= 11 is 0. The third-order valence-electron chi connectivity index (χ3n) is 4.16. The summed E-state index contributed by atoms with van der Waals surface area (Å²) in [6.45, 7) is 1.02. The lowest BCUT2D eigenvalue weighted by atomic mass is 10.1. The lowest BCUT2D eigenvalue weighted by Crippen LogP contribution is -2.33. The molecule has 0 radical (unpaired) electrons. The van der Waals surface area contributed by atoms with Crippen LogP contribution in [0.1, 0.15) is 19.3 Å². The van der Waals surface area contributed by atoms with E-state index in [1.165, 1.54) is 0 Å². The van der Waals surface area contributed by atoms with Gasteiger partial charge in [-0.1, -0.05) is 18.2 Å². The van der Waals surface area contributed by atoms with Gasteiger partial charge >= 0.3 is 0 Å². The van der Waals surface area contributed by atoms with Gasteiger partial charge in [0.1, 0.15) is 11.5 Å². The van der Waals surface area contributed by atoms with E-state index in [-0.39, 0.29) is 18.3 Å². The fourth-order valence-electron chi connectivity index (χ4n) is 2.79. The van der Waals surface area contributed by atoms with Gasteiger partial charge < -0.3 is 15.0 Å². The van der Waals surface area contributed by atoms with Crippen molar-refractivity contribution in [1.82, 2.24) is 5.32 Å². The van der Waals surface area contributed by atoms with Crippen LogP contribution in [0.4, 0.5) is 5.69 Å². The van der Waals surface area contributed by atoms with Crippen LogP contribution in [0.25, 0.3) is 0 Å². The lowest BCUT2D eigenvalue weighted by Gasteiger charge is -2.20. The quantitative estimate of drug-likeness (QED) is 0.889. The summed E-state index contributed by atoms with van der Waals surface area (Å²) in [5.41, 5.74) is 0.883. The van der Waals surface area contributed by atoms with Gasteiger partial charge in [0.05, 0.1) is 0 Å². The number of anilines is 1. The molecule has 128 valence electrons. The molecule has 0 aromatic heterocycles. The van der Waals surface area contributed by atoms with Crippen LogP contribution in [0, 0.1) is 0 Å². The molecule has 1 N–H and O–H groups in total. The minimum Gasteiger partial charge on any atom is -0.457 e. The molecule has 4 nitrogen and oxygen atoms in total. The molecule has 1 heterocycles. The van der Waals surface area contributed by atoms with E-state index in [1.807, 2.05) is 61.6 Å². The Morgan fingerprint density at radius 2 is 1.79 bits per heavy atom. The highest BCUT2D eigenvalue weighted by Crippen LogP contribution is 2.24. The summed E-state index contributed by atoms with van der Waals surface area (Å²) in [5, 5.41) is 3.36. The van der Waals surface area contributed by atoms with Gasteiger partial charge in [0.15, 0.2) is 0 Å². The summed E-state index contributed by atoms with van der Waals surface area (Å²) < 4.78 is 5.77. The Morgan fingerprint density at radius 3 is 2.42 bits per heavy atom. The molecule has 1 aliphatic heterocycles. The lowest BCUT2D eigenvalue weighted by molar-refractivity contribution is -0.118. The molecule has 0 spiro atoms. The normalized spacial score (nSPS) is 16.3. The van der Waals surface area contributed by atoms with Crippen LogP contribution < -0.4 is 15.0 Å². The van der Waals surface area contributed by atoms with Gasteiger partial charge in [-0.25, -0.2) is 0 Å². The van der Waals surface area contributed by atoms with Gasteiger partial charge in [0, 0.05) is 25.2 Å². The summed E-state index contributed by atoms with van der Waals surface area (Å²) in [7, 11) is 1.82. The van der Waals surface area contributed by atoms with Crippen molar-refractivity contribution in [1.29, 1.82) is 0 Å². The van der Waals surface area contributed by atoms with Crippen molar-refractivity contribution < 1.29 is 9.53 Å². The first-order valence-electron chi connectivity index (χ1n) is 8.05. The Labute approximate surface area is 149 Å². The molecule has 0 bridgehead atoms. The Morgan fingerprint density at radius 1 is 1.12 bits per heavy atom. The monoisotopic (exact) mass is 346 g/mol. The maximum Gasteiger partial charge on any atom is 0.228 e. The number of carbonyl (C=O) groups excluding carboxylic acids is 1. The predicted octanol–water partition coefficient (Wildman–Crippen LogP) is 4.01. The Balaban J connectivity index is 0.00000208. The highest BCUT2D eigenvalue weighted by atomic mass is 35.5. The van der Waals surface area contributed by atoms with E-state index in [2.05, 4.69) is 5.32 Å². The maximum absolute atomic E-state index is 12.3. The molecule has 2 aromatic rings. The van der Waals surface area contributed by atoms with Crippen LogP contribution in [-0.4, -0.2) is 25.5 Å². The van der Waals surface area contributed by atoms with Crippen molar-refractivity contribution in [3.05, 3.63) is 54.6 Å². The minimum absolute atomic E-state index is 0. The number of hydrogen-bond acceptors (Lipinski definition) is 3. The molecule has 1 atom stereocenters. The van der Waals surface area contributed by atoms with Crippen LogP contribution in [0.3, 0.4) is 0 Å². The van der Waals surface area contributed by atoms with E-state index in [9.17, 15) is 4.79 Å². The van der Waals surface area contributed by atoms with Crippen LogP contribution in [0.5, 0.6) is 11.5 Å². The highest BCUT2D eigenvalue weighted by molar-refractivity contribution is 5.93. The summed E-state index contributed by atoms with van der Waals surface area (Å²) in [4.78, 5) is 14.0. The summed E-state index contributed by atoms with van der Waals surface area (Å²) in [5.74, 6) is 1.70. The number of halogens is 1. The Bertz CT molecular complexity index is 640. The van der Waals surface area contributed by atoms with Crippen molar-refractivity contribution in [3.63, 3.8) is 0 Å². The van der Waals surface area contributed by atoms with Crippen LogP contribution in [0.15, 0.2) is 54.6 Å². The van der Waals surface area contributed by atoms with Crippen LogP contribution >= 0.6 is 12.4 Å². The molecule has 1 unspecified atom stereocenters. The number of nitrogens with one attached hydrogen (secondary N) is 1. The Hall–Kier alpha value is -2.04. The number of hydrogen-bond donors (Lipinski definition) is 1. The van der Waals surface area contributed by atoms with E-state index in [0.717, 1.165) is 36.6 Å². The maximum atomic E-state index is 12.3. The largest absolute Gasteiger partial charge is 0.457 e. The second-order valence-corrected chi connectivity index (χ2v) is 5.86. The molecule has 0 saturated carbocycles. The number of benzene rings is 2. The SMILES string of the molecule is CN(C(=O)CC1CCCN1)c1ccc(Oc2ccccc2)cc1.Cl. The van der Waals surface area contributed by atoms with Crippen LogP contribution in [0.2, 0.25) is 0 Å². The number of ether oxygens (including phenoxy) is 1. The van der Waals surface area contributed by atoms with Crippen molar-refractivity contribution in [3.8, 4) is 11.5 Å². The van der Waals surface area contributed by atoms with Gasteiger partial charge in [-0.15, -0.1) is 12.4 Å². The van der Waals surface area contributed by atoms with E-state index >= 15 is 0 Å². The molecule has 24 heavy (non-hydrogen) atoms. The number of amides is 1. The zero-order valence-electron chi connectivity index (χ0n) is 13.8. The fourth-order valence-corrected chi connectivity index (χ4v) is 2.79. The third kappa shape index (κ3) is 4.73. The minimum atomic E-state index is 0. The smallest absolute Gasteiger partial charge is 0.228 e. The number of rotatable bonds is 5. The summed E-state index contributed by atoms with van der Waals surface area (Å²) in [6.07, 6.45) is 2.80. The number of para-hydroxylation sites is 1. The molecule has 2 aromatic carbocycles. The van der Waals surface area contributed by atoms with Gasteiger partial charge in [-0.2, -0.15) is 0 Å². The van der Waals surface area contributed by atoms with E-state index < -0.39 is 0 Å². The van der Waals surface area contributed by atoms with Gasteiger partial charge in [-0.05, 0) is 55.8 Å². The Kier molecular flexibility index (Phi) is 6.64. The van der Waals surface area contributed by atoms with Crippen molar-refractivity contribution in [2.45, 2.75) is 25.3 Å². The molecule has 1 aliphatic rings. The molecule has 1 amide bonds. The zero-order chi connectivity index (χ0) is 16.1. The standard InChI is InChI=1S/C19H22N2O2.ClH/c1-21(19(22)14-15-6-5-13-20-15)16-9-11-18(12-10-16)23-17-7-3-2-4-8-17;/h2-4,7-12,15,20H,5-6,13-14H2,1H3;1H. The summed E-state index contributed by atoms with van der Waals surface area (Å²) in [6, 6.07) is 17.6. The van der Waals surface area contributed by atoms with Gasteiger partial charge in [0.2, 0.25) is 5.91 Å². The van der Waals surface area contributed by atoms with Gasteiger partial charge in [-0.3, -0.25) is 4.79 Å². The number of nitrogens with zero attached hydrogens (tertiary/aromatic N) is 1. The van der Waals surface area contributed by atoms with Crippen LogP contribution in [-0.2, 0) is 4.79 Å². The van der Waals surface area contributed by atoms with Crippen molar-refractivity contribution >= 4 is 24.0 Å². The van der Waals surface area contributed by atoms with Crippen molar-refractivity contribution in [2.75, 3.05) is 18.5 Å². The van der Waals surface area contributed by atoms with E-state index in [0.29, 0.717) is 12.5 Å². The predicted molar refractivity (Wildman–Crippen MR) is 99.3 cm³/mol. The first kappa shape index (κ1) is 18.3.